The summed E-state index contributed by atoms with van der Waals surface area (Å²) < 4.78 is 25.8. The van der Waals surface area contributed by atoms with Crippen LogP contribution in [0.25, 0.3) is 0 Å². The molecular weight excluding hydrogens is 384 g/mol. The van der Waals surface area contributed by atoms with Crippen molar-refractivity contribution >= 4 is 27.3 Å². The molecule has 0 radical (unpaired) electrons. The Balaban J connectivity index is 1.93. The largest absolute Gasteiger partial charge is 0.379 e. The summed E-state index contributed by atoms with van der Waals surface area (Å²) in [6, 6.07) is 12.6. The molecular formula is C18H22N4O5S. The molecule has 0 saturated carbocycles. The molecule has 9 nitrogen and oxygen atoms in total. The maximum absolute atomic E-state index is 12.4. The first-order valence-electron chi connectivity index (χ1n) is 8.48. The molecule has 2 rings (SSSR count). The lowest BCUT2D eigenvalue weighted by Gasteiger charge is -2.15. The number of nitrogens with one attached hydrogen (secondary N) is 2. The second-order valence-corrected chi connectivity index (χ2v) is 8.24. The molecule has 10 heteroatoms. The van der Waals surface area contributed by atoms with Crippen molar-refractivity contribution in [3.63, 3.8) is 0 Å². The number of carbonyl (C=O) groups is 1. The molecule has 0 aromatic heterocycles. The highest BCUT2D eigenvalue weighted by Gasteiger charge is 2.20. The third-order valence-electron chi connectivity index (χ3n) is 3.98. The second-order valence-electron chi connectivity index (χ2n) is 6.12. The van der Waals surface area contributed by atoms with E-state index < -0.39 is 14.9 Å². The van der Waals surface area contributed by atoms with E-state index in [0.717, 1.165) is 4.31 Å². The number of para-hydroxylation sites is 2. The molecule has 0 fully saturated rings. The van der Waals surface area contributed by atoms with Gasteiger partial charge in [0.25, 0.3) is 5.69 Å². The van der Waals surface area contributed by atoms with E-state index >= 15 is 0 Å². The van der Waals surface area contributed by atoms with Gasteiger partial charge < -0.3 is 10.6 Å². The first-order chi connectivity index (χ1) is 13.2. The van der Waals surface area contributed by atoms with Crippen molar-refractivity contribution in [1.82, 2.24) is 9.62 Å². The molecule has 2 aromatic rings. The van der Waals surface area contributed by atoms with Crippen LogP contribution in [-0.4, -0.2) is 44.2 Å². The highest BCUT2D eigenvalue weighted by atomic mass is 32.2. The fraction of sp³-hybridized carbons (Fsp3) is 0.278. The van der Waals surface area contributed by atoms with Gasteiger partial charge in [-0.2, -0.15) is 0 Å². The molecule has 0 unspecified atom stereocenters. The summed E-state index contributed by atoms with van der Waals surface area (Å²) in [5.74, 6) is -0.303. The minimum atomic E-state index is -3.62. The van der Waals surface area contributed by atoms with E-state index in [-0.39, 0.29) is 36.0 Å². The number of rotatable bonds is 9. The van der Waals surface area contributed by atoms with Crippen LogP contribution in [-0.2, 0) is 21.4 Å². The average Bonchev–Trinajstić information content (AvgIpc) is 2.66. The summed E-state index contributed by atoms with van der Waals surface area (Å²) >= 11 is 0. The topological polar surface area (TPSA) is 122 Å². The van der Waals surface area contributed by atoms with Crippen LogP contribution in [0.4, 0.5) is 11.4 Å². The van der Waals surface area contributed by atoms with Gasteiger partial charge in [0.05, 0.1) is 9.82 Å². The Morgan fingerprint density at radius 3 is 2.43 bits per heavy atom. The van der Waals surface area contributed by atoms with Gasteiger partial charge in [-0.1, -0.05) is 30.3 Å². The number of nitrogens with zero attached hydrogens (tertiary/aromatic N) is 2. The normalized spacial score (nSPS) is 11.2. The van der Waals surface area contributed by atoms with Crippen LogP contribution in [0.1, 0.15) is 12.0 Å². The molecule has 2 N–H and O–H groups in total. The average molecular weight is 406 g/mol. The van der Waals surface area contributed by atoms with Gasteiger partial charge in [0, 0.05) is 39.7 Å². The molecule has 0 heterocycles. The smallest absolute Gasteiger partial charge is 0.292 e. The van der Waals surface area contributed by atoms with Crippen molar-refractivity contribution in [3.8, 4) is 0 Å². The van der Waals surface area contributed by atoms with Crippen molar-refractivity contribution < 1.29 is 18.1 Å². The van der Waals surface area contributed by atoms with Crippen molar-refractivity contribution in [2.45, 2.75) is 17.9 Å². The summed E-state index contributed by atoms with van der Waals surface area (Å²) in [6.07, 6.45) is 0.0780. The van der Waals surface area contributed by atoms with Crippen molar-refractivity contribution in [1.29, 1.82) is 0 Å². The molecule has 0 atom stereocenters. The number of sulfonamides is 1. The van der Waals surface area contributed by atoms with Gasteiger partial charge in [0.15, 0.2) is 0 Å². The zero-order valence-electron chi connectivity index (χ0n) is 15.6. The lowest BCUT2D eigenvalue weighted by Crippen LogP contribution is -2.28. The molecule has 0 bridgehead atoms. The summed E-state index contributed by atoms with van der Waals surface area (Å²) in [4.78, 5) is 22.7. The van der Waals surface area contributed by atoms with Crippen molar-refractivity contribution in [2.24, 2.45) is 0 Å². The van der Waals surface area contributed by atoms with E-state index in [1.165, 1.54) is 26.2 Å². The van der Waals surface area contributed by atoms with E-state index in [1.54, 1.807) is 36.4 Å². The quantitative estimate of drug-likeness (QED) is 0.485. The maximum atomic E-state index is 12.4. The minimum absolute atomic E-state index is 0.0631. The fourth-order valence-electron chi connectivity index (χ4n) is 2.47. The SMILES string of the molecule is CN(C)S(=O)(=O)c1ccccc1CNC(=O)CCNc1ccccc1[N+](=O)[O-]. The molecule has 0 aliphatic heterocycles. The monoisotopic (exact) mass is 406 g/mol. The molecule has 1 amide bonds. The van der Waals surface area contributed by atoms with Crippen LogP contribution in [0.15, 0.2) is 53.4 Å². The lowest BCUT2D eigenvalue weighted by atomic mass is 10.2. The van der Waals surface area contributed by atoms with Crippen LogP contribution in [0, 0.1) is 10.1 Å². The van der Waals surface area contributed by atoms with Crippen LogP contribution >= 0.6 is 0 Å². The Bertz CT molecular complexity index is 960. The maximum Gasteiger partial charge on any atom is 0.292 e. The first-order valence-corrected chi connectivity index (χ1v) is 9.92. The molecule has 0 saturated heterocycles. The van der Waals surface area contributed by atoms with Gasteiger partial charge in [0.1, 0.15) is 5.69 Å². The first kappa shape index (κ1) is 21.3. The van der Waals surface area contributed by atoms with E-state index in [4.69, 9.17) is 0 Å². The van der Waals surface area contributed by atoms with E-state index in [1.807, 2.05) is 0 Å². The van der Waals surface area contributed by atoms with E-state index in [9.17, 15) is 23.3 Å². The van der Waals surface area contributed by atoms with E-state index in [2.05, 4.69) is 10.6 Å². The number of nitro groups is 1. The highest BCUT2D eigenvalue weighted by Crippen LogP contribution is 2.23. The Labute approximate surface area is 163 Å². The van der Waals surface area contributed by atoms with Crippen LogP contribution < -0.4 is 10.6 Å². The number of benzene rings is 2. The van der Waals surface area contributed by atoms with E-state index in [0.29, 0.717) is 11.3 Å². The zero-order valence-corrected chi connectivity index (χ0v) is 16.4. The van der Waals surface area contributed by atoms with Crippen LogP contribution in [0.2, 0.25) is 0 Å². The Hall–Kier alpha value is -2.98. The fourth-order valence-corrected chi connectivity index (χ4v) is 3.59. The number of carbonyl (C=O) groups excluding carboxylic acids is 1. The van der Waals surface area contributed by atoms with Gasteiger partial charge in [0.2, 0.25) is 15.9 Å². The predicted molar refractivity (Wildman–Crippen MR) is 105 cm³/mol. The lowest BCUT2D eigenvalue weighted by molar-refractivity contribution is -0.384. The Morgan fingerprint density at radius 1 is 1.11 bits per heavy atom. The summed E-state index contributed by atoms with van der Waals surface area (Å²) in [5.41, 5.74) is 0.754. The van der Waals surface area contributed by atoms with Crippen molar-refractivity contribution in [3.05, 3.63) is 64.2 Å². The number of amides is 1. The number of hydrogen-bond acceptors (Lipinski definition) is 6. The summed E-state index contributed by atoms with van der Waals surface area (Å²) in [5, 5.41) is 16.5. The number of hydrogen-bond donors (Lipinski definition) is 2. The van der Waals surface area contributed by atoms with Crippen LogP contribution in [0.5, 0.6) is 0 Å². The standard InChI is InChI=1S/C18H22N4O5S/c1-21(2)28(26,27)17-10-6-3-7-14(17)13-20-18(23)11-12-19-15-8-4-5-9-16(15)22(24)25/h3-10,19H,11-13H2,1-2H3,(H,20,23). The molecule has 0 spiro atoms. The second kappa shape index (κ2) is 9.29. The van der Waals surface area contributed by atoms with Crippen molar-refractivity contribution in [2.75, 3.05) is 26.0 Å². The Morgan fingerprint density at radius 2 is 1.75 bits per heavy atom. The zero-order chi connectivity index (χ0) is 20.7. The predicted octanol–water partition coefficient (Wildman–Crippen LogP) is 1.96. The molecule has 28 heavy (non-hydrogen) atoms. The number of anilines is 1. The minimum Gasteiger partial charge on any atom is -0.379 e. The van der Waals surface area contributed by atoms with Crippen LogP contribution in [0.3, 0.4) is 0 Å². The summed E-state index contributed by atoms with van der Waals surface area (Å²) in [7, 11) is -0.728. The third kappa shape index (κ3) is 5.27. The Kier molecular flexibility index (Phi) is 7.07. The summed E-state index contributed by atoms with van der Waals surface area (Å²) in [6.45, 7) is 0.266. The highest BCUT2D eigenvalue weighted by molar-refractivity contribution is 7.89. The van der Waals surface area contributed by atoms with Gasteiger partial charge in [-0.05, 0) is 17.7 Å². The molecule has 150 valence electrons. The molecule has 2 aromatic carbocycles. The molecule has 0 aliphatic carbocycles. The van der Waals surface area contributed by atoms with Gasteiger partial charge in [-0.25, -0.2) is 12.7 Å². The number of nitro benzene ring substituents is 1. The third-order valence-corrected chi connectivity index (χ3v) is 5.89. The molecule has 0 aliphatic rings. The van der Waals surface area contributed by atoms with Gasteiger partial charge in [-0.15, -0.1) is 0 Å². The van der Waals surface area contributed by atoms with Gasteiger partial charge >= 0.3 is 0 Å². The van der Waals surface area contributed by atoms with Gasteiger partial charge in [-0.3, -0.25) is 14.9 Å².